The Morgan fingerprint density at radius 2 is 2.00 bits per heavy atom. The van der Waals surface area contributed by atoms with Crippen LogP contribution in [0.2, 0.25) is 0 Å². The number of hydrogen-bond acceptors (Lipinski definition) is 7. The van der Waals surface area contributed by atoms with Gasteiger partial charge in [0.25, 0.3) is 0 Å². The summed E-state index contributed by atoms with van der Waals surface area (Å²) in [5.74, 6) is -1.07. The minimum Gasteiger partial charge on any atom is -0.461 e. The fourth-order valence-electron chi connectivity index (χ4n) is 3.65. The third kappa shape index (κ3) is 5.39. The molecule has 0 bridgehead atoms. The summed E-state index contributed by atoms with van der Waals surface area (Å²) in [6.45, 7) is 2.98. The lowest BCUT2D eigenvalue weighted by Gasteiger charge is -2.27. The molecule has 32 heavy (non-hydrogen) atoms. The van der Waals surface area contributed by atoms with E-state index in [4.69, 9.17) is 19.0 Å². The van der Waals surface area contributed by atoms with Crippen LogP contribution in [0.5, 0.6) is 0 Å². The van der Waals surface area contributed by atoms with Crippen molar-refractivity contribution in [1.82, 2.24) is 4.90 Å². The summed E-state index contributed by atoms with van der Waals surface area (Å²) in [6.07, 6.45) is 0.163. The molecule has 0 spiro atoms. The summed E-state index contributed by atoms with van der Waals surface area (Å²) in [5, 5.41) is 8.99. The molecule has 2 heterocycles. The van der Waals surface area contributed by atoms with E-state index >= 15 is 0 Å². The number of halogens is 1. The van der Waals surface area contributed by atoms with Crippen LogP contribution in [0.25, 0.3) is 0 Å². The van der Waals surface area contributed by atoms with E-state index in [1.54, 1.807) is 13.0 Å². The number of rotatable bonds is 9. The average molecular weight is 508 g/mol. The van der Waals surface area contributed by atoms with E-state index in [9.17, 15) is 14.4 Å². The number of cyclic esters (lactones) is 1. The molecule has 8 nitrogen and oxygen atoms in total. The van der Waals surface area contributed by atoms with Crippen molar-refractivity contribution < 1.29 is 33.4 Å². The number of aryl methyl sites for hydroxylation is 1. The Morgan fingerprint density at radius 1 is 1.28 bits per heavy atom. The number of imide groups is 1. The maximum Gasteiger partial charge on any atom is 0.417 e. The molecular formula is C23H26BrNO7. The minimum absolute atomic E-state index is 0.0564. The number of aliphatic hydroxyl groups excluding tert-OH is 1. The molecule has 0 unspecified atom stereocenters. The molecule has 1 aromatic heterocycles. The lowest BCUT2D eigenvalue weighted by Crippen LogP contribution is -2.40. The van der Waals surface area contributed by atoms with Crippen molar-refractivity contribution in [3.8, 4) is 0 Å². The zero-order valence-corrected chi connectivity index (χ0v) is 19.5. The van der Waals surface area contributed by atoms with Gasteiger partial charge in [-0.3, -0.25) is 9.59 Å². The summed E-state index contributed by atoms with van der Waals surface area (Å²) in [5.41, 5.74) is 0.773. The number of hydrogen-bond donors (Lipinski definition) is 1. The van der Waals surface area contributed by atoms with E-state index in [1.165, 1.54) is 6.92 Å². The Bertz CT molecular complexity index is 959. The van der Waals surface area contributed by atoms with Crippen LogP contribution in [0, 0.1) is 5.92 Å². The summed E-state index contributed by atoms with van der Waals surface area (Å²) in [7, 11) is 0. The van der Waals surface area contributed by atoms with Crippen molar-refractivity contribution in [1.29, 1.82) is 0 Å². The van der Waals surface area contributed by atoms with Gasteiger partial charge in [-0.25, -0.2) is 9.69 Å². The number of esters is 1. The summed E-state index contributed by atoms with van der Waals surface area (Å²) >= 11 is 3.44. The number of carbonyl (C=O) groups excluding carboxylic acids is 3. The highest BCUT2D eigenvalue weighted by molar-refractivity contribution is 9.10. The average Bonchev–Trinajstić information content (AvgIpc) is 3.34. The van der Waals surface area contributed by atoms with Gasteiger partial charge < -0.3 is 19.0 Å². The van der Waals surface area contributed by atoms with Gasteiger partial charge in [-0.15, -0.1) is 0 Å². The van der Waals surface area contributed by atoms with Gasteiger partial charge in [-0.05, 0) is 47.3 Å². The Morgan fingerprint density at radius 3 is 2.66 bits per heavy atom. The molecule has 3 atom stereocenters. The summed E-state index contributed by atoms with van der Waals surface area (Å²) in [4.78, 5) is 38.7. The number of carbonyl (C=O) groups is 3. The second-order valence-corrected chi connectivity index (χ2v) is 8.49. The molecule has 1 aromatic carbocycles. The first-order valence-corrected chi connectivity index (χ1v) is 11.2. The molecule has 172 valence electrons. The first-order chi connectivity index (χ1) is 15.3. The quantitative estimate of drug-likeness (QED) is 0.397. The second-order valence-electron chi connectivity index (χ2n) is 7.63. The van der Waals surface area contributed by atoms with Crippen LogP contribution < -0.4 is 0 Å². The topological polar surface area (TPSA) is 106 Å². The number of benzene rings is 1. The van der Waals surface area contributed by atoms with Crippen LogP contribution in [-0.2, 0) is 25.5 Å². The molecule has 0 aliphatic carbocycles. The fraction of sp³-hybridized carbons (Fsp3) is 0.435. The first-order valence-electron chi connectivity index (χ1n) is 10.4. The predicted molar refractivity (Wildman–Crippen MR) is 117 cm³/mol. The lowest BCUT2D eigenvalue weighted by atomic mass is 9.98. The molecule has 9 heteroatoms. The van der Waals surface area contributed by atoms with Gasteiger partial charge in [0.1, 0.15) is 24.2 Å². The van der Waals surface area contributed by atoms with Gasteiger partial charge in [0.05, 0.1) is 10.4 Å². The van der Waals surface area contributed by atoms with Crippen LogP contribution in [-0.4, -0.2) is 41.2 Å². The number of amides is 2. The van der Waals surface area contributed by atoms with Crippen LogP contribution in [0.1, 0.15) is 55.9 Å². The number of aliphatic hydroxyl groups is 1. The fourth-order valence-corrected chi connectivity index (χ4v) is 4.16. The maximum absolute atomic E-state index is 13.4. The second kappa shape index (κ2) is 10.8. The third-order valence-corrected chi connectivity index (χ3v) is 5.97. The van der Waals surface area contributed by atoms with Gasteiger partial charge >= 0.3 is 12.1 Å². The molecule has 3 rings (SSSR count). The largest absolute Gasteiger partial charge is 0.461 e. The van der Waals surface area contributed by atoms with Gasteiger partial charge in [-0.1, -0.05) is 30.3 Å². The number of unbranched alkanes of at least 4 members (excludes halogenated alkanes) is 1. The molecule has 1 fully saturated rings. The van der Waals surface area contributed by atoms with Gasteiger partial charge in [0.15, 0.2) is 6.10 Å². The molecule has 0 radical (unpaired) electrons. The SMILES string of the molecule is CC(=O)O[C@@H](c1cc(Br)c(CCCCO)o1)[C@@H](C)C(=O)N1C(=O)OC[C@H]1c1ccccc1. The number of ether oxygens (including phenoxy) is 2. The molecule has 1 saturated heterocycles. The third-order valence-electron chi connectivity index (χ3n) is 5.30. The number of nitrogens with zero attached hydrogens (tertiary/aromatic N) is 1. The zero-order valence-electron chi connectivity index (χ0n) is 18.0. The molecule has 0 saturated carbocycles. The van der Waals surface area contributed by atoms with Crippen molar-refractivity contribution in [2.75, 3.05) is 13.2 Å². The summed E-state index contributed by atoms with van der Waals surface area (Å²) in [6, 6.07) is 10.2. The number of furan rings is 1. The van der Waals surface area contributed by atoms with E-state index in [0.29, 0.717) is 35.3 Å². The Labute approximate surface area is 194 Å². The van der Waals surface area contributed by atoms with E-state index in [0.717, 1.165) is 10.5 Å². The van der Waals surface area contributed by atoms with Crippen molar-refractivity contribution in [2.24, 2.45) is 5.92 Å². The van der Waals surface area contributed by atoms with Gasteiger partial charge in [0.2, 0.25) is 5.91 Å². The van der Waals surface area contributed by atoms with Crippen LogP contribution in [0.4, 0.5) is 4.79 Å². The Hall–Kier alpha value is -2.65. The van der Waals surface area contributed by atoms with Gasteiger partial charge in [-0.2, -0.15) is 0 Å². The highest BCUT2D eigenvalue weighted by Crippen LogP contribution is 2.36. The van der Waals surface area contributed by atoms with E-state index in [-0.39, 0.29) is 13.2 Å². The molecule has 1 aliphatic rings. The van der Waals surface area contributed by atoms with Crippen LogP contribution in [0.3, 0.4) is 0 Å². The molecule has 2 aromatic rings. The van der Waals surface area contributed by atoms with Crippen molar-refractivity contribution in [3.63, 3.8) is 0 Å². The summed E-state index contributed by atoms with van der Waals surface area (Å²) < 4.78 is 17.2. The van der Waals surface area contributed by atoms with Gasteiger partial charge in [0, 0.05) is 20.0 Å². The normalized spacial score (nSPS) is 17.7. The molecule has 1 N–H and O–H groups in total. The smallest absolute Gasteiger partial charge is 0.417 e. The Balaban J connectivity index is 1.86. The lowest BCUT2D eigenvalue weighted by molar-refractivity contribution is -0.154. The van der Waals surface area contributed by atoms with Crippen LogP contribution >= 0.6 is 15.9 Å². The Kier molecular flexibility index (Phi) is 8.09. The standard InChI is InChI=1S/C23H26BrNO7/c1-14(22(28)25-18(13-30-23(25)29)16-8-4-3-5-9-16)21(31-15(2)27)20-12-17(24)19(32-20)10-6-7-11-26/h3-5,8-9,12,14,18,21,26H,6-7,10-11,13H2,1-2H3/t14-,18+,21-/m1/s1. The maximum atomic E-state index is 13.4. The highest BCUT2D eigenvalue weighted by atomic mass is 79.9. The molecular weight excluding hydrogens is 482 g/mol. The zero-order chi connectivity index (χ0) is 23.3. The van der Waals surface area contributed by atoms with Crippen molar-refractivity contribution in [2.45, 2.75) is 45.3 Å². The molecule has 2 amide bonds. The minimum atomic E-state index is -1.02. The predicted octanol–water partition coefficient (Wildman–Crippen LogP) is 4.32. The van der Waals surface area contributed by atoms with E-state index in [1.807, 2.05) is 30.3 Å². The van der Waals surface area contributed by atoms with Crippen LogP contribution in [0.15, 0.2) is 45.3 Å². The monoisotopic (exact) mass is 507 g/mol. The first kappa shape index (κ1) is 24.0. The van der Waals surface area contributed by atoms with Crippen molar-refractivity contribution in [3.05, 3.63) is 58.0 Å². The van der Waals surface area contributed by atoms with E-state index in [2.05, 4.69) is 15.9 Å². The highest BCUT2D eigenvalue weighted by Gasteiger charge is 2.44. The molecule has 1 aliphatic heterocycles. The van der Waals surface area contributed by atoms with Crippen molar-refractivity contribution >= 4 is 33.9 Å². The van der Waals surface area contributed by atoms with E-state index < -0.39 is 36.0 Å².